The first-order valence-corrected chi connectivity index (χ1v) is 8.10. The fourth-order valence-corrected chi connectivity index (χ4v) is 3.05. The molecule has 0 unspecified atom stereocenters. The number of rotatable bonds is 5. The van der Waals surface area contributed by atoms with Crippen molar-refractivity contribution in [2.24, 2.45) is 11.7 Å². The number of anilines is 1. The van der Waals surface area contributed by atoms with Crippen LogP contribution >= 0.6 is 11.3 Å². The van der Waals surface area contributed by atoms with Gasteiger partial charge in [-0.1, -0.05) is 37.3 Å². The van der Waals surface area contributed by atoms with Crippen molar-refractivity contribution in [2.45, 2.75) is 31.7 Å². The van der Waals surface area contributed by atoms with Crippen LogP contribution < -0.4 is 11.1 Å². The van der Waals surface area contributed by atoms with Crippen molar-refractivity contribution in [2.75, 3.05) is 5.32 Å². The summed E-state index contributed by atoms with van der Waals surface area (Å²) in [7, 11) is 0. The number of nitrogens with zero attached hydrogens (tertiary/aromatic N) is 1. The number of amides is 1. The molecule has 1 aliphatic carbocycles. The predicted molar refractivity (Wildman–Crippen MR) is 85.3 cm³/mol. The van der Waals surface area contributed by atoms with Gasteiger partial charge in [-0.05, 0) is 18.4 Å². The zero-order chi connectivity index (χ0) is 14.8. The summed E-state index contributed by atoms with van der Waals surface area (Å²) in [5, 5.41) is 5.60. The number of nitrogens with one attached hydrogen (secondary N) is 1. The van der Waals surface area contributed by atoms with Gasteiger partial charge in [0.25, 0.3) is 0 Å². The first-order valence-electron chi connectivity index (χ1n) is 7.22. The maximum atomic E-state index is 12.3. The summed E-state index contributed by atoms with van der Waals surface area (Å²) in [6, 6.07) is 9.39. The highest BCUT2D eigenvalue weighted by Gasteiger charge is 2.27. The van der Waals surface area contributed by atoms with Crippen LogP contribution in [0, 0.1) is 5.92 Å². The van der Waals surface area contributed by atoms with Crippen molar-refractivity contribution in [3.05, 3.63) is 47.0 Å². The Hall–Kier alpha value is -1.72. The second-order valence-electron chi connectivity index (χ2n) is 5.57. The largest absolute Gasteiger partial charge is 0.323 e. The second-order valence-corrected chi connectivity index (χ2v) is 6.42. The van der Waals surface area contributed by atoms with Gasteiger partial charge in [0, 0.05) is 17.3 Å². The Morgan fingerprint density at radius 1 is 1.38 bits per heavy atom. The topological polar surface area (TPSA) is 68.0 Å². The molecule has 0 bridgehead atoms. The van der Waals surface area contributed by atoms with Crippen LogP contribution in [-0.4, -0.2) is 10.9 Å². The predicted octanol–water partition coefficient (Wildman–Crippen LogP) is 3.30. The molecule has 110 valence electrons. The van der Waals surface area contributed by atoms with E-state index in [4.69, 9.17) is 5.73 Å². The van der Waals surface area contributed by atoms with Gasteiger partial charge in [0.1, 0.15) is 0 Å². The summed E-state index contributed by atoms with van der Waals surface area (Å²) in [6.45, 7) is 1.85. The Morgan fingerprint density at radius 3 is 2.76 bits per heavy atom. The highest BCUT2D eigenvalue weighted by atomic mass is 32.1. The molecule has 1 aromatic heterocycles. The van der Waals surface area contributed by atoms with E-state index in [0.717, 1.165) is 11.3 Å². The summed E-state index contributed by atoms with van der Waals surface area (Å²) >= 11 is 1.49. The Kier molecular flexibility index (Phi) is 4.03. The first kappa shape index (κ1) is 14.2. The number of carbonyl (C=O) groups excluding carboxylic acids is 1. The first-order chi connectivity index (χ1) is 10.1. The highest BCUT2D eigenvalue weighted by molar-refractivity contribution is 7.13. The van der Waals surface area contributed by atoms with Crippen LogP contribution in [0.4, 0.5) is 5.13 Å². The van der Waals surface area contributed by atoms with E-state index in [1.165, 1.54) is 24.2 Å². The van der Waals surface area contributed by atoms with E-state index in [1.807, 2.05) is 42.6 Å². The smallest absolute Gasteiger partial charge is 0.230 e. The lowest BCUT2D eigenvalue weighted by Crippen LogP contribution is -2.30. The molecule has 3 rings (SSSR count). The fraction of sp³-hybridized carbons (Fsp3) is 0.375. The number of carbonyl (C=O) groups is 1. The molecule has 4 nitrogen and oxygen atoms in total. The van der Waals surface area contributed by atoms with Crippen molar-refractivity contribution in [3.63, 3.8) is 0 Å². The number of nitrogens with two attached hydrogens (primary N) is 1. The Balaban J connectivity index is 1.63. The molecule has 1 amide bonds. The van der Waals surface area contributed by atoms with E-state index in [2.05, 4.69) is 10.3 Å². The fourth-order valence-electron chi connectivity index (χ4n) is 2.26. The zero-order valence-electron chi connectivity index (χ0n) is 12.0. The summed E-state index contributed by atoms with van der Waals surface area (Å²) in [4.78, 5) is 16.8. The van der Waals surface area contributed by atoms with Crippen LogP contribution in [0.5, 0.6) is 0 Å². The third-order valence-electron chi connectivity index (χ3n) is 3.88. The third kappa shape index (κ3) is 3.31. The quantitative estimate of drug-likeness (QED) is 0.890. The van der Waals surface area contributed by atoms with Gasteiger partial charge in [-0.25, -0.2) is 4.98 Å². The molecule has 2 aromatic rings. The third-order valence-corrected chi connectivity index (χ3v) is 4.66. The molecule has 0 aliphatic heterocycles. The molecule has 0 radical (unpaired) electrons. The number of hydrogen-bond donors (Lipinski definition) is 2. The van der Waals surface area contributed by atoms with Crippen molar-refractivity contribution in [1.29, 1.82) is 0 Å². The van der Waals surface area contributed by atoms with Gasteiger partial charge in [-0.15, -0.1) is 11.3 Å². The van der Waals surface area contributed by atoms with Crippen LogP contribution in [-0.2, 0) is 4.79 Å². The highest BCUT2D eigenvalue weighted by Crippen LogP contribution is 2.40. The van der Waals surface area contributed by atoms with Crippen molar-refractivity contribution in [3.8, 4) is 0 Å². The molecule has 1 aliphatic rings. The van der Waals surface area contributed by atoms with Gasteiger partial charge in [0.2, 0.25) is 5.91 Å². The zero-order valence-corrected chi connectivity index (χ0v) is 12.8. The lowest BCUT2D eigenvalue weighted by Gasteiger charge is -2.19. The minimum atomic E-state index is -0.311. The molecule has 1 heterocycles. The molecule has 1 saturated carbocycles. The van der Waals surface area contributed by atoms with Crippen molar-refractivity contribution >= 4 is 22.4 Å². The Labute approximate surface area is 128 Å². The van der Waals surface area contributed by atoms with Gasteiger partial charge >= 0.3 is 0 Å². The lowest BCUT2D eigenvalue weighted by molar-refractivity contribution is -0.120. The van der Waals surface area contributed by atoms with Crippen molar-refractivity contribution < 1.29 is 4.79 Å². The molecular weight excluding hydrogens is 282 g/mol. The van der Waals surface area contributed by atoms with Gasteiger partial charge in [-0.3, -0.25) is 4.79 Å². The number of benzene rings is 1. The monoisotopic (exact) mass is 301 g/mol. The SMILES string of the molecule is C[C@H](C(=O)Nc1nc(C2CC2)cs1)[C@@H](N)c1ccccc1. The van der Waals surface area contributed by atoms with Gasteiger partial charge in [0.15, 0.2) is 5.13 Å². The number of thiazole rings is 1. The number of hydrogen-bond acceptors (Lipinski definition) is 4. The molecule has 5 heteroatoms. The molecule has 1 aromatic carbocycles. The van der Waals surface area contributed by atoms with Crippen LogP contribution in [0.1, 0.15) is 43.0 Å². The van der Waals surface area contributed by atoms with E-state index in [-0.39, 0.29) is 17.9 Å². The Bertz CT molecular complexity index is 621. The molecular formula is C16H19N3OS. The van der Waals surface area contributed by atoms with Crippen LogP contribution in [0.3, 0.4) is 0 Å². The standard InChI is InChI=1S/C16H19N3OS/c1-10(14(17)12-5-3-2-4-6-12)15(20)19-16-18-13(9-21-16)11-7-8-11/h2-6,9-11,14H,7-8,17H2,1H3,(H,18,19,20)/t10-,14+/m0/s1. The molecule has 2 atom stereocenters. The maximum Gasteiger partial charge on any atom is 0.230 e. The van der Waals surface area contributed by atoms with Crippen LogP contribution in [0.15, 0.2) is 35.7 Å². The minimum absolute atomic E-state index is 0.0805. The van der Waals surface area contributed by atoms with E-state index < -0.39 is 0 Å². The average molecular weight is 301 g/mol. The van der Waals surface area contributed by atoms with Gasteiger partial charge in [0.05, 0.1) is 11.6 Å². The Morgan fingerprint density at radius 2 is 2.10 bits per heavy atom. The average Bonchev–Trinajstić information content (AvgIpc) is 3.27. The molecule has 3 N–H and O–H groups in total. The second kappa shape index (κ2) is 5.95. The maximum absolute atomic E-state index is 12.3. The summed E-state index contributed by atoms with van der Waals surface area (Å²) in [6.07, 6.45) is 2.43. The van der Waals surface area contributed by atoms with E-state index in [1.54, 1.807) is 0 Å². The molecule has 1 fully saturated rings. The minimum Gasteiger partial charge on any atom is -0.323 e. The molecule has 0 spiro atoms. The van der Waals surface area contributed by atoms with E-state index >= 15 is 0 Å². The van der Waals surface area contributed by atoms with Crippen molar-refractivity contribution in [1.82, 2.24) is 4.98 Å². The molecule has 21 heavy (non-hydrogen) atoms. The van der Waals surface area contributed by atoms with Gasteiger partial charge < -0.3 is 11.1 Å². The normalized spacial score (nSPS) is 17.2. The summed E-state index contributed by atoms with van der Waals surface area (Å²) < 4.78 is 0. The van der Waals surface area contributed by atoms with E-state index in [0.29, 0.717) is 11.0 Å². The molecule has 0 saturated heterocycles. The van der Waals surface area contributed by atoms with Gasteiger partial charge in [-0.2, -0.15) is 0 Å². The summed E-state index contributed by atoms with van der Waals surface area (Å²) in [5.74, 6) is 0.222. The number of aromatic nitrogens is 1. The van der Waals surface area contributed by atoms with Crippen LogP contribution in [0.2, 0.25) is 0 Å². The summed E-state index contributed by atoms with van der Waals surface area (Å²) in [5.41, 5.74) is 8.26. The lowest BCUT2D eigenvalue weighted by atomic mass is 9.95. The van der Waals surface area contributed by atoms with Crippen LogP contribution in [0.25, 0.3) is 0 Å². The van der Waals surface area contributed by atoms with E-state index in [9.17, 15) is 4.79 Å².